The van der Waals surface area contributed by atoms with Crippen LogP contribution < -0.4 is 0 Å². The van der Waals surface area contributed by atoms with Crippen molar-refractivity contribution < 1.29 is 9.90 Å². The predicted octanol–water partition coefficient (Wildman–Crippen LogP) is 2.08. The van der Waals surface area contributed by atoms with Gasteiger partial charge in [-0.3, -0.25) is 4.79 Å². The van der Waals surface area contributed by atoms with Crippen LogP contribution >= 0.6 is 0 Å². The Morgan fingerprint density at radius 3 is 2.83 bits per heavy atom. The van der Waals surface area contributed by atoms with Crippen LogP contribution in [0.5, 0.6) is 0 Å². The molecule has 4 atom stereocenters. The normalized spacial score (nSPS) is 38.9. The van der Waals surface area contributed by atoms with Gasteiger partial charge < -0.3 is 10.0 Å². The molecule has 0 aromatic rings. The fourth-order valence-electron chi connectivity index (χ4n) is 3.34. The zero-order valence-electron chi connectivity index (χ0n) is 11.8. The van der Waals surface area contributed by atoms with E-state index >= 15 is 0 Å². The van der Waals surface area contributed by atoms with Crippen molar-refractivity contribution in [2.45, 2.75) is 52.1 Å². The molecule has 1 heterocycles. The zero-order valence-corrected chi connectivity index (χ0v) is 11.8. The van der Waals surface area contributed by atoms with Gasteiger partial charge in [0, 0.05) is 25.4 Å². The van der Waals surface area contributed by atoms with E-state index in [1.54, 1.807) is 0 Å². The number of nitrogens with zero attached hydrogens (tertiary/aromatic N) is 1. The van der Waals surface area contributed by atoms with Crippen LogP contribution in [0.15, 0.2) is 0 Å². The highest BCUT2D eigenvalue weighted by atomic mass is 16.3. The third-order valence-electron chi connectivity index (χ3n) is 4.93. The summed E-state index contributed by atoms with van der Waals surface area (Å²) in [5, 5.41) is 9.92. The number of aliphatic hydroxyl groups excluding tert-OH is 1. The highest BCUT2D eigenvalue weighted by Gasteiger charge is 2.31. The van der Waals surface area contributed by atoms with Crippen molar-refractivity contribution in [1.82, 2.24) is 4.90 Å². The second kappa shape index (κ2) is 6.16. The molecule has 0 aromatic carbocycles. The number of ketones is 1. The van der Waals surface area contributed by atoms with Crippen LogP contribution in [0.1, 0.15) is 46.0 Å². The third kappa shape index (κ3) is 3.33. The van der Waals surface area contributed by atoms with E-state index in [0.717, 1.165) is 51.2 Å². The number of piperidine rings is 1. The van der Waals surface area contributed by atoms with Gasteiger partial charge in [0.2, 0.25) is 0 Å². The fourth-order valence-corrected chi connectivity index (χ4v) is 3.34. The van der Waals surface area contributed by atoms with Gasteiger partial charge in [-0.25, -0.2) is 0 Å². The van der Waals surface area contributed by atoms with Crippen molar-refractivity contribution in [3.8, 4) is 0 Å². The summed E-state index contributed by atoms with van der Waals surface area (Å²) in [6, 6.07) is 0. The Balaban J connectivity index is 1.86. The molecular weight excluding hydrogens is 226 g/mol. The van der Waals surface area contributed by atoms with Crippen LogP contribution in [0.25, 0.3) is 0 Å². The predicted molar refractivity (Wildman–Crippen MR) is 72.4 cm³/mol. The molecule has 1 saturated carbocycles. The quantitative estimate of drug-likeness (QED) is 0.837. The minimum absolute atomic E-state index is 0.209. The lowest BCUT2D eigenvalue weighted by Crippen LogP contribution is -2.46. The summed E-state index contributed by atoms with van der Waals surface area (Å²) in [5.74, 6) is 1.82. The monoisotopic (exact) mass is 253 g/mol. The first-order valence-electron chi connectivity index (χ1n) is 7.53. The number of hydrogen-bond acceptors (Lipinski definition) is 3. The Labute approximate surface area is 111 Å². The second-order valence-electron chi connectivity index (χ2n) is 6.30. The Kier molecular flexibility index (Phi) is 4.79. The van der Waals surface area contributed by atoms with E-state index in [9.17, 15) is 9.90 Å². The lowest BCUT2D eigenvalue weighted by atomic mass is 9.79. The van der Waals surface area contributed by atoms with Gasteiger partial charge in [0.1, 0.15) is 5.78 Å². The average molecular weight is 253 g/mol. The maximum Gasteiger partial charge on any atom is 0.137 e. The number of hydrogen-bond donors (Lipinski definition) is 1. The van der Waals surface area contributed by atoms with Crippen LogP contribution in [0, 0.1) is 17.8 Å². The maximum atomic E-state index is 12.0. The first-order valence-corrected chi connectivity index (χ1v) is 7.53. The van der Waals surface area contributed by atoms with E-state index in [0.29, 0.717) is 11.7 Å². The van der Waals surface area contributed by atoms with Gasteiger partial charge in [-0.05, 0) is 37.6 Å². The molecule has 0 spiro atoms. The molecule has 0 amide bonds. The highest BCUT2D eigenvalue weighted by Crippen LogP contribution is 2.30. The number of β-amino-alcohol motifs (C(OH)–C–C–N with tert-alkyl or cyclic N) is 1. The Morgan fingerprint density at radius 1 is 1.39 bits per heavy atom. The molecule has 1 N–H and O–H groups in total. The molecule has 2 fully saturated rings. The first kappa shape index (κ1) is 14.0. The largest absolute Gasteiger partial charge is 0.392 e. The van der Waals surface area contributed by atoms with Crippen molar-refractivity contribution in [3.05, 3.63) is 0 Å². The van der Waals surface area contributed by atoms with Gasteiger partial charge in [0.25, 0.3) is 0 Å². The standard InChI is InChI=1S/C15H27NO2/c1-3-12-4-5-14(17)13(8-12)9-16-7-6-11(2)15(18)10-16/h11-13,15,18H,3-10H2,1-2H3. The number of likely N-dealkylation sites (tertiary alicyclic amines) is 1. The molecule has 2 aliphatic rings. The van der Waals surface area contributed by atoms with Crippen LogP contribution in [0.4, 0.5) is 0 Å². The van der Waals surface area contributed by atoms with Gasteiger partial charge in [-0.1, -0.05) is 20.3 Å². The SMILES string of the molecule is CCC1CCC(=O)C(CN2CCC(C)C(O)C2)C1. The summed E-state index contributed by atoms with van der Waals surface area (Å²) in [6.45, 7) is 7.00. The lowest BCUT2D eigenvalue weighted by Gasteiger charge is -2.37. The molecule has 1 aliphatic carbocycles. The highest BCUT2D eigenvalue weighted by molar-refractivity contribution is 5.81. The second-order valence-corrected chi connectivity index (χ2v) is 6.30. The molecule has 0 radical (unpaired) electrons. The number of aliphatic hydroxyl groups is 1. The Morgan fingerprint density at radius 2 is 2.17 bits per heavy atom. The minimum Gasteiger partial charge on any atom is -0.392 e. The molecule has 2 rings (SSSR count). The summed E-state index contributed by atoms with van der Waals surface area (Å²) in [4.78, 5) is 14.3. The maximum absolute atomic E-state index is 12.0. The summed E-state index contributed by atoms with van der Waals surface area (Å²) in [7, 11) is 0. The van der Waals surface area contributed by atoms with E-state index in [2.05, 4.69) is 18.7 Å². The van der Waals surface area contributed by atoms with Gasteiger partial charge >= 0.3 is 0 Å². The number of rotatable bonds is 3. The van der Waals surface area contributed by atoms with Crippen LogP contribution in [0.2, 0.25) is 0 Å². The van der Waals surface area contributed by atoms with Crippen LogP contribution in [-0.2, 0) is 4.79 Å². The van der Waals surface area contributed by atoms with Gasteiger partial charge in [-0.15, -0.1) is 0 Å². The molecule has 0 bridgehead atoms. The zero-order chi connectivity index (χ0) is 13.1. The molecule has 0 aromatic heterocycles. The van der Waals surface area contributed by atoms with Crippen molar-refractivity contribution in [2.24, 2.45) is 17.8 Å². The number of Topliss-reactive ketones (excluding diaryl/α,β-unsaturated/α-hetero) is 1. The van der Waals surface area contributed by atoms with E-state index in [1.165, 1.54) is 6.42 Å². The molecule has 104 valence electrons. The Bertz CT molecular complexity index is 292. The third-order valence-corrected chi connectivity index (χ3v) is 4.93. The minimum atomic E-state index is -0.209. The molecule has 4 unspecified atom stereocenters. The molecule has 1 saturated heterocycles. The first-order chi connectivity index (χ1) is 8.60. The molecule has 3 nitrogen and oxygen atoms in total. The van der Waals surface area contributed by atoms with E-state index in [1.807, 2.05) is 0 Å². The van der Waals surface area contributed by atoms with Gasteiger partial charge in [-0.2, -0.15) is 0 Å². The molecule has 1 aliphatic heterocycles. The summed E-state index contributed by atoms with van der Waals surface area (Å²) in [6.07, 6.45) is 4.97. The van der Waals surface area contributed by atoms with Crippen LogP contribution in [-0.4, -0.2) is 41.5 Å². The van der Waals surface area contributed by atoms with Crippen molar-refractivity contribution in [2.75, 3.05) is 19.6 Å². The molecular formula is C15H27NO2. The van der Waals surface area contributed by atoms with Crippen molar-refractivity contribution >= 4 is 5.78 Å². The summed E-state index contributed by atoms with van der Waals surface area (Å²) >= 11 is 0. The van der Waals surface area contributed by atoms with Crippen LogP contribution in [0.3, 0.4) is 0 Å². The van der Waals surface area contributed by atoms with E-state index in [-0.39, 0.29) is 12.0 Å². The Hall–Kier alpha value is -0.410. The molecule has 18 heavy (non-hydrogen) atoms. The van der Waals surface area contributed by atoms with Gasteiger partial charge in [0.15, 0.2) is 0 Å². The fraction of sp³-hybridized carbons (Fsp3) is 0.933. The number of carbonyl (C=O) groups is 1. The summed E-state index contributed by atoms with van der Waals surface area (Å²) in [5.41, 5.74) is 0. The number of carbonyl (C=O) groups excluding carboxylic acids is 1. The van der Waals surface area contributed by atoms with Crippen molar-refractivity contribution in [1.29, 1.82) is 0 Å². The van der Waals surface area contributed by atoms with E-state index in [4.69, 9.17) is 0 Å². The average Bonchev–Trinajstić information content (AvgIpc) is 2.36. The molecule has 3 heteroatoms. The van der Waals surface area contributed by atoms with E-state index < -0.39 is 0 Å². The van der Waals surface area contributed by atoms with Crippen molar-refractivity contribution in [3.63, 3.8) is 0 Å². The smallest absolute Gasteiger partial charge is 0.137 e. The topological polar surface area (TPSA) is 40.5 Å². The van der Waals surface area contributed by atoms with Gasteiger partial charge in [0.05, 0.1) is 6.10 Å². The summed E-state index contributed by atoms with van der Waals surface area (Å²) < 4.78 is 0. The lowest BCUT2D eigenvalue weighted by molar-refractivity contribution is -0.126.